The van der Waals surface area contributed by atoms with E-state index in [1.807, 2.05) is 13.8 Å². The first-order valence-corrected chi connectivity index (χ1v) is 8.04. The quantitative estimate of drug-likeness (QED) is 0.737. The molecule has 5 nitrogen and oxygen atoms in total. The van der Waals surface area contributed by atoms with Crippen molar-refractivity contribution in [3.63, 3.8) is 0 Å². The number of nitrogens with one attached hydrogen (secondary N) is 1. The fourth-order valence-corrected chi connectivity index (χ4v) is 3.16. The summed E-state index contributed by atoms with van der Waals surface area (Å²) >= 11 is 4.92. The lowest BCUT2D eigenvalue weighted by molar-refractivity contribution is 0.283. The van der Waals surface area contributed by atoms with Gasteiger partial charge in [0, 0.05) is 25.0 Å². The minimum Gasteiger partial charge on any atom is -0.393 e. The molecule has 18 heavy (non-hydrogen) atoms. The van der Waals surface area contributed by atoms with E-state index in [4.69, 9.17) is 18.0 Å². The van der Waals surface area contributed by atoms with Gasteiger partial charge >= 0.3 is 0 Å². The maximum Gasteiger partial charge on any atom is 0.279 e. The molecule has 1 aliphatic heterocycles. The summed E-state index contributed by atoms with van der Waals surface area (Å²) < 4.78 is 28.3. The summed E-state index contributed by atoms with van der Waals surface area (Å²) in [4.78, 5) is 0.317. The van der Waals surface area contributed by atoms with Crippen LogP contribution in [0.5, 0.6) is 0 Å². The predicted molar refractivity (Wildman–Crippen MR) is 77.5 cm³/mol. The lowest BCUT2D eigenvalue weighted by Gasteiger charge is -2.31. The van der Waals surface area contributed by atoms with Gasteiger partial charge in [-0.2, -0.15) is 12.7 Å². The Morgan fingerprint density at radius 2 is 1.94 bits per heavy atom. The van der Waals surface area contributed by atoms with Gasteiger partial charge in [0.05, 0.1) is 4.99 Å². The fourth-order valence-electron chi connectivity index (χ4n) is 1.68. The molecule has 1 heterocycles. The summed E-state index contributed by atoms with van der Waals surface area (Å²) in [5.74, 6) is 0.601. The highest BCUT2D eigenvalue weighted by molar-refractivity contribution is 7.87. The molecule has 0 spiro atoms. The summed E-state index contributed by atoms with van der Waals surface area (Å²) in [6.45, 7) is 7.21. The van der Waals surface area contributed by atoms with Crippen LogP contribution >= 0.6 is 12.2 Å². The third-order valence-corrected chi connectivity index (χ3v) is 5.55. The van der Waals surface area contributed by atoms with Gasteiger partial charge in [0.25, 0.3) is 10.2 Å². The summed E-state index contributed by atoms with van der Waals surface area (Å²) in [6.07, 6.45) is 1.83. The smallest absolute Gasteiger partial charge is 0.279 e. The highest BCUT2D eigenvalue weighted by atomic mass is 32.2. The minimum absolute atomic E-state index is 0.233. The Labute approximate surface area is 115 Å². The topological polar surface area (TPSA) is 75.4 Å². The van der Waals surface area contributed by atoms with E-state index < -0.39 is 15.6 Å². The van der Waals surface area contributed by atoms with Crippen LogP contribution in [-0.2, 0) is 10.2 Å². The van der Waals surface area contributed by atoms with Gasteiger partial charge < -0.3 is 5.73 Å². The van der Waals surface area contributed by atoms with Crippen molar-refractivity contribution in [3.05, 3.63) is 0 Å². The number of rotatable bonds is 5. The van der Waals surface area contributed by atoms with E-state index >= 15 is 0 Å². The van der Waals surface area contributed by atoms with Crippen LogP contribution in [0.1, 0.15) is 33.6 Å². The van der Waals surface area contributed by atoms with Crippen molar-refractivity contribution in [2.45, 2.75) is 33.6 Å². The van der Waals surface area contributed by atoms with Crippen molar-refractivity contribution >= 4 is 27.4 Å². The molecule has 0 aliphatic carbocycles. The molecular weight excluding hydrogens is 270 g/mol. The van der Waals surface area contributed by atoms with Crippen molar-refractivity contribution < 1.29 is 8.42 Å². The largest absolute Gasteiger partial charge is 0.393 e. The Hall–Kier alpha value is -0.240. The summed E-state index contributed by atoms with van der Waals surface area (Å²) in [7, 11) is -3.41. The third kappa shape index (κ3) is 4.15. The van der Waals surface area contributed by atoms with Gasteiger partial charge in [0.1, 0.15) is 0 Å². The van der Waals surface area contributed by atoms with Crippen LogP contribution in [0.3, 0.4) is 0 Å². The Kier molecular flexibility index (Phi) is 5.11. The predicted octanol–water partition coefficient (Wildman–Crippen LogP) is 0.865. The molecule has 0 bridgehead atoms. The first kappa shape index (κ1) is 15.8. The number of thiocarbonyl (C=S) groups is 1. The maximum absolute atomic E-state index is 12.1. The molecule has 7 heteroatoms. The summed E-state index contributed by atoms with van der Waals surface area (Å²) in [5, 5.41) is 0. The molecule has 1 saturated heterocycles. The van der Waals surface area contributed by atoms with Gasteiger partial charge in [-0.1, -0.05) is 33.0 Å². The highest BCUT2D eigenvalue weighted by Crippen LogP contribution is 2.19. The van der Waals surface area contributed by atoms with Gasteiger partial charge in [0.2, 0.25) is 0 Å². The average molecular weight is 293 g/mol. The number of hydrogen-bond donors (Lipinski definition) is 2. The van der Waals surface area contributed by atoms with Gasteiger partial charge in [-0.15, -0.1) is 0 Å². The molecule has 0 saturated carbocycles. The molecular formula is C11H23N3O2S2. The van der Waals surface area contributed by atoms with Crippen LogP contribution in [-0.4, -0.2) is 37.3 Å². The molecule has 1 rings (SSSR count). The Bertz CT molecular complexity index is 399. The zero-order valence-corrected chi connectivity index (χ0v) is 12.9. The van der Waals surface area contributed by atoms with Crippen LogP contribution in [0.25, 0.3) is 0 Å². The number of hydrogen-bond acceptors (Lipinski definition) is 3. The van der Waals surface area contributed by atoms with Gasteiger partial charge in [0.15, 0.2) is 0 Å². The zero-order chi connectivity index (χ0) is 14.0. The van der Waals surface area contributed by atoms with Gasteiger partial charge in [-0.3, -0.25) is 0 Å². The lowest BCUT2D eigenvalue weighted by atomic mass is 9.94. The van der Waals surface area contributed by atoms with E-state index in [1.54, 1.807) is 0 Å². The van der Waals surface area contributed by atoms with Crippen molar-refractivity contribution in [2.24, 2.45) is 17.1 Å². The molecule has 1 aliphatic rings. The Morgan fingerprint density at radius 3 is 2.39 bits per heavy atom. The van der Waals surface area contributed by atoms with E-state index in [0.717, 1.165) is 12.8 Å². The second-order valence-corrected chi connectivity index (χ2v) is 7.85. The van der Waals surface area contributed by atoms with Crippen molar-refractivity contribution in [2.75, 3.05) is 19.6 Å². The molecule has 0 unspecified atom stereocenters. The molecule has 1 fully saturated rings. The minimum atomic E-state index is -3.41. The van der Waals surface area contributed by atoms with Crippen LogP contribution < -0.4 is 10.5 Å². The van der Waals surface area contributed by atoms with Gasteiger partial charge in [-0.05, 0) is 18.8 Å². The molecule has 0 aromatic rings. The first-order valence-electron chi connectivity index (χ1n) is 6.20. The number of piperidine rings is 1. The van der Waals surface area contributed by atoms with Crippen molar-refractivity contribution in [1.82, 2.24) is 9.03 Å². The molecule has 0 aromatic carbocycles. The van der Waals surface area contributed by atoms with Crippen LogP contribution in [0.2, 0.25) is 0 Å². The maximum atomic E-state index is 12.1. The summed E-state index contributed by atoms with van der Waals surface area (Å²) in [6, 6.07) is 0. The first-order chi connectivity index (χ1) is 8.15. The standard InChI is InChI=1S/C11H23N3O2S2/c1-9-4-6-14(7-5-9)18(15,16)13-8-11(2,3)10(12)17/h9,13H,4-8H2,1-3H3,(H2,12,17). The second-order valence-electron chi connectivity index (χ2n) is 5.66. The zero-order valence-electron chi connectivity index (χ0n) is 11.3. The SMILES string of the molecule is CC1CCN(S(=O)(=O)NCC(C)(C)C(N)=S)CC1. The molecule has 0 radical (unpaired) electrons. The van der Waals surface area contributed by atoms with E-state index in [0.29, 0.717) is 24.0 Å². The molecule has 0 atom stereocenters. The fraction of sp³-hybridized carbons (Fsp3) is 0.909. The third-order valence-electron chi connectivity index (χ3n) is 3.45. The van der Waals surface area contributed by atoms with Crippen LogP contribution in [0.4, 0.5) is 0 Å². The lowest BCUT2D eigenvalue weighted by Crippen LogP contribution is -2.49. The Morgan fingerprint density at radius 1 is 1.44 bits per heavy atom. The van der Waals surface area contributed by atoms with E-state index in [1.165, 1.54) is 4.31 Å². The van der Waals surface area contributed by atoms with Crippen molar-refractivity contribution in [3.8, 4) is 0 Å². The van der Waals surface area contributed by atoms with Crippen molar-refractivity contribution in [1.29, 1.82) is 0 Å². The summed E-state index contributed by atoms with van der Waals surface area (Å²) in [5.41, 5.74) is 5.07. The number of nitrogens with zero attached hydrogens (tertiary/aromatic N) is 1. The molecule has 106 valence electrons. The normalized spacial score (nSPS) is 19.9. The highest BCUT2D eigenvalue weighted by Gasteiger charge is 2.29. The Balaban J connectivity index is 2.58. The monoisotopic (exact) mass is 293 g/mol. The molecule has 3 N–H and O–H groups in total. The van der Waals surface area contributed by atoms with E-state index in [9.17, 15) is 8.42 Å². The van der Waals surface area contributed by atoms with Gasteiger partial charge in [-0.25, -0.2) is 4.72 Å². The van der Waals surface area contributed by atoms with E-state index in [2.05, 4.69) is 11.6 Å². The molecule has 0 aromatic heterocycles. The van der Waals surface area contributed by atoms with Crippen LogP contribution in [0, 0.1) is 11.3 Å². The average Bonchev–Trinajstić information content (AvgIpc) is 2.27. The molecule has 0 amide bonds. The van der Waals surface area contributed by atoms with E-state index in [-0.39, 0.29) is 6.54 Å². The van der Waals surface area contributed by atoms with Crippen LogP contribution in [0.15, 0.2) is 0 Å². The number of nitrogens with two attached hydrogens (primary N) is 1. The second kappa shape index (κ2) is 5.81.